The molecule has 0 radical (unpaired) electrons. The number of hydrogen-bond donors (Lipinski definition) is 1. The summed E-state index contributed by atoms with van der Waals surface area (Å²) in [4.78, 5) is 0. The average molecular weight is 251 g/mol. The molecular formula is C15H25NO2. The first-order valence-corrected chi connectivity index (χ1v) is 6.33. The molecule has 0 aliphatic carbocycles. The summed E-state index contributed by atoms with van der Waals surface area (Å²) in [7, 11) is 3.43. The minimum Gasteiger partial charge on any atom is -0.494 e. The molecule has 0 fully saturated rings. The van der Waals surface area contributed by atoms with E-state index < -0.39 is 0 Å². The third-order valence-electron chi connectivity index (χ3n) is 2.85. The summed E-state index contributed by atoms with van der Waals surface area (Å²) in [5.41, 5.74) is 2.29. The van der Waals surface area contributed by atoms with Crippen LogP contribution in [-0.2, 0) is 10.2 Å². The Labute approximate surface area is 110 Å². The van der Waals surface area contributed by atoms with Gasteiger partial charge in [-0.1, -0.05) is 32.9 Å². The quantitative estimate of drug-likeness (QED) is 0.869. The summed E-state index contributed by atoms with van der Waals surface area (Å²) in [5.74, 6) is 0.924. The van der Waals surface area contributed by atoms with Crippen LogP contribution in [0, 0.1) is 0 Å². The van der Waals surface area contributed by atoms with Gasteiger partial charge in [-0.25, -0.2) is 0 Å². The molecule has 1 atom stereocenters. The van der Waals surface area contributed by atoms with Gasteiger partial charge < -0.3 is 14.8 Å². The van der Waals surface area contributed by atoms with Gasteiger partial charge in [0.25, 0.3) is 0 Å². The summed E-state index contributed by atoms with van der Waals surface area (Å²) in [5, 5.41) is 3.42. The fraction of sp³-hybridized carbons (Fsp3) is 0.600. The largest absolute Gasteiger partial charge is 0.494 e. The summed E-state index contributed by atoms with van der Waals surface area (Å²) in [6.07, 6.45) is 0. The van der Waals surface area contributed by atoms with E-state index in [2.05, 4.69) is 45.1 Å². The number of para-hydroxylation sites is 1. The number of anilines is 1. The average Bonchev–Trinajstić information content (AvgIpc) is 2.27. The van der Waals surface area contributed by atoms with Crippen LogP contribution < -0.4 is 10.1 Å². The first-order valence-electron chi connectivity index (χ1n) is 6.33. The second-order valence-corrected chi connectivity index (χ2v) is 5.64. The summed E-state index contributed by atoms with van der Waals surface area (Å²) in [6.45, 7) is 9.32. The van der Waals surface area contributed by atoms with Crippen molar-refractivity contribution in [2.45, 2.75) is 39.2 Å². The van der Waals surface area contributed by atoms with Crippen molar-refractivity contribution in [2.75, 3.05) is 26.1 Å². The maximum Gasteiger partial charge on any atom is 0.145 e. The number of methoxy groups -OCH3 is 2. The summed E-state index contributed by atoms with van der Waals surface area (Å²) >= 11 is 0. The minimum atomic E-state index is 0.0630. The molecule has 0 aliphatic rings. The maximum atomic E-state index is 5.58. The third-order valence-corrected chi connectivity index (χ3v) is 2.85. The Balaban J connectivity index is 3.05. The molecule has 0 aromatic heterocycles. The highest BCUT2D eigenvalue weighted by Crippen LogP contribution is 2.36. The van der Waals surface area contributed by atoms with Crippen molar-refractivity contribution in [1.82, 2.24) is 0 Å². The van der Waals surface area contributed by atoms with Gasteiger partial charge in [0.15, 0.2) is 0 Å². The number of benzene rings is 1. The van der Waals surface area contributed by atoms with E-state index in [1.807, 2.05) is 6.07 Å². The normalized spacial score (nSPS) is 13.2. The molecule has 3 heteroatoms. The van der Waals surface area contributed by atoms with Crippen molar-refractivity contribution >= 4 is 5.69 Å². The molecule has 0 amide bonds. The third kappa shape index (κ3) is 3.64. The molecule has 1 aromatic carbocycles. The van der Waals surface area contributed by atoms with Gasteiger partial charge in [0.05, 0.1) is 19.4 Å². The van der Waals surface area contributed by atoms with Crippen LogP contribution >= 0.6 is 0 Å². The molecule has 102 valence electrons. The van der Waals surface area contributed by atoms with Crippen molar-refractivity contribution in [2.24, 2.45) is 0 Å². The van der Waals surface area contributed by atoms with Crippen molar-refractivity contribution in [3.63, 3.8) is 0 Å². The first-order chi connectivity index (χ1) is 8.40. The smallest absolute Gasteiger partial charge is 0.145 e. The second kappa shape index (κ2) is 6.10. The van der Waals surface area contributed by atoms with Crippen LogP contribution in [-0.4, -0.2) is 26.9 Å². The highest BCUT2D eigenvalue weighted by Gasteiger charge is 2.21. The van der Waals surface area contributed by atoms with E-state index in [4.69, 9.17) is 9.47 Å². The number of hydrogen-bond acceptors (Lipinski definition) is 3. The summed E-state index contributed by atoms with van der Waals surface area (Å²) < 4.78 is 10.7. The summed E-state index contributed by atoms with van der Waals surface area (Å²) in [6, 6.07) is 6.47. The second-order valence-electron chi connectivity index (χ2n) is 5.64. The van der Waals surface area contributed by atoms with Crippen molar-refractivity contribution in [3.05, 3.63) is 23.8 Å². The van der Waals surface area contributed by atoms with Gasteiger partial charge in [-0.2, -0.15) is 0 Å². The Morgan fingerprint density at radius 1 is 1.22 bits per heavy atom. The lowest BCUT2D eigenvalue weighted by Gasteiger charge is -2.25. The predicted molar refractivity (Wildman–Crippen MR) is 76.7 cm³/mol. The van der Waals surface area contributed by atoms with Crippen LogP contribution in [0.5, 0.6) is 5.75 Å². The number of ether oxygens (including phenoxy) is 2. The van der Waals surface area contributed by atoms with E-state index in [-0.39, 0.29) is 11.5 Å². The van der Waals surface area contributed by atoms with Gasteiger partial charge >= 0.3 is 0 Å². The van der Waals surface area contributed by atoms with Gasteiger partial charge in [0, 0.05) is 18.7 Å². The monoisotopic (exact) mass is 251 g/mol. The fourth-order valence-corrected chi connectivity index (χ4v) is 2.02. The lowest BCUT2D eigenvalue weighted by atomic mass is 9.86. The predicted octanol–water partition coefficient (Wildman–Crippen LogP) is 3.44. The van der Waals surface area contributed by atoms with Crippen molar-refractivity contribution in [3.8, 4) is 5.75 Å². The van der Waals surface area contributed by atoms with Crippen LogP contribution in [0.15, 0.2) is 18.2 Å². The maximum absolute atomic E-state index is 5.58. The van der Waals surface area contributed by atoms with E-state index in [1.54, 1.807) is 14.2 Å². The molecule has 1 rings (SSSR count). The Morgan fingerprint density at radius 3 is 2.39 bits per heavy atom. The topological polar surface area (TPSA) is 30.5 Å². The van der Waals surface area contributed by atoms with E-state index in [9.17, 15) is 0 Å². The molecule has 1 N–H and O–H groups in total. The van der Waals surface area contributed by atoms with Gasteiger partial charge in [-0.05, 0) is 18.4 Å². The Hall–Kier alpha value is -1.22. The highest BCUT2D eigenvalue weighted by atomic mass is 16.5. The van der Waals surface area contributed by atoms with Crippen molar-refractivity contribution < 1.29 is 9.47 Å². The molecule has 0 aliphatic heterocycles. The van der Waals surface area contributed by atoms with Crippen LogP contribution in [0.4, 0.5) is 5.69 Å². The van der Waals surface area contributed by atoms with Gasteiger partial charge in [0.1, 0.15) is 5.75 Å². The highest BCUT2D eigenvalue weighted by molar-refractivity contribution is 5.62. The lowest BCUT2D eigenvalue weighted by Crippen LogP contribution is -2.22. The van der Waals surface area contributed by atoms with Crippen LogP contribution in [0.2, 0.25) is 0 Å². The number of rotatable bonds is 5. The Kier molecular flexibility index (Phi) is 5.03. The van der Waals surface area contributed by atoms with E-state index >= 15 is 0 Å². The van der Waals surface area contributed by atoms with Gasteiger partial charge in [0.2, 0.25) is 0 Å². The van der Waals surface area contributed by atoms with E-state index in [1.165, 1.54) is 5.56 Å². The van der Waals surface area contributed by atoms with Crippen molar-refractivity contribution in [1.29, 1.82) is 0 Å². The van der Waals surface area contributed by atoms with Gasteiger partial charge in [-0.15, -0.1) is 0 Å². The molecule has 0 spiro atoms. The lowest BCUT2D eigenvalue weighted by molar-refractivity contribution is 0.190. The zero-order valence-corrected chi connectivity index (χ0v) is 12.3. The van der Waals surface area contributed by atoms with E-state index in [0.29, 0.717) is 6.61 Å². The fourth-order valence-electron chi connectivity index (χ4n) is 2.02. The zero-order valence-electron chi connectivity index (χ0n) is 12.3. The Bertz CT molecular complexity index is 383. The molecule has 0 saturated carbocycles. The van der Waals surface area contributed by atoms with Crippen LogP contribution in [0.1, 0.15) is 33.3 Å². The molecule has 0 saturated heterocycles. The molecular weight excluding hydrogens is 226 g/mol. The first kappa shape index (κ1) is 14.8. The number of nitrogens with one attached hydrogen (secondary N) is 1. The van der Waals surface area contributed by atoms with Crippen LogP contribution in [0.3, 0.4) is 0 Å². The molecule has 0 heterocycles. The molecule has 18 heavy (non-hydrogen) atoms. The standard InChI is InChI=1S/C15H25NO2/c1-11(10-17-5)16-13-9-7-8-12(14(13)18-6)15(2,3)4/h7-9,11,16H,10H2,1-6H3. The zero-order chi connectivity index (χ0) is 13.8. The Morgan fingerprint density at radius 2 is 1.89 bits per heavy atom. The minimum absolute atomic E-state index is 0.0630. The molecule has 3 nitrogen and oxygen atoms in total. The molecule has 1 unspecified atom stereocenters. The molecule has 0 bridgehead atoms. The molecule has 1 aromatic rings. The SMILES string of the molecule is COCC(C)Nc1cccc(C(C)(C)C)c1OC. The van der Waals surface area contributed by atoms with Gasteiger partial charge in [-0.3, -0.25) is 0 Å². The van der Waals surface area contributed by atoms with E-state index in [0.717, 1.165) is 11.4 Å². The van der Waals surface area contributed by atoms with Crippen LogP contribution in [0.25, 0.3) is 0 Å².